The third-order valence-corrected chi connectivity index (χ3v) is 4.22. The molecule has 0 aliphatic rings. The lowest BCUT2D eigenvalue weighted by atomic mass is 10.1. The molecule has 0 bridgehead atoms. The molecule has 0 aliphatic carbocycles. The lowest BCUT2D eigenvalue weighted by molar-refractivity contribution is 0.104. The van der Waals surface area contributed by atoms with Gasteiger partial charge in [-0.2, -0.15) is 0 Å². The number of fused-ring (bicyclic) bond motifs is 1. The van der Waals surface area contributed by atoms with E-state index in [-0.39, 0.29) is 5.78 Å². The number of carbonyl (C=O) groups excluding carboxylic acids is 1. The summed E-state index contributed by atoms with van der Waals surface area (Å²) in [6.07, 6.45) is 5.13. The molecular weight excluding hydrogens is 284 g/mol. The summed E-state index contributed by atoms with van der Waals surface area (Å²) in [6.45, 7) is 1.93. The monoisotopic (exact) mass is 298 g/mol. The number of nitrogens with zero attached hydrogens (tertiary/aromatic N) is 1. The molecule has 5 heteroatoms. The number of allylic oxidation sites excluding steroid dienone is 1. The topological polar surface area (TPSA) is 55.0 Å². The number of aromatic nitrogens is 2. The Morgan fingerprint density at radius 1 is 1.43 bits per heavy atom. The predicted octanol–water partition coefficient (Wildman–Crippen LogP) is 3.84. The number of rotatable bonds is 4. The van der Waals surface area contributed by atoms with E-state index in [1.54, 1.807) is 24.9 Å². The van der Waals surface area contributed by atoms with Gasteiger partial charge in [0.2, 0.25) is 0 Å². The number of ketones is 1. The van der Waals surface area contributed by atoms with Crippen LogP contribution in [0.2, 0.25) is 0 Å². The molecule has 0 saturated heterocycles. The standard InChI is InChI=1S/C16H14N2O2S/c1-10-16(21-9-18-10)6-5-15(19)13-8-17-14-4-3-11(20-2)7-12(13)14/h3-9,17H,1-2H3/b6-5+. The predicted molar refractivity (Wildman–Crippen MR) is 85.1 cm³/mol. The van der Waals surface area contributed by atoms with Crippen LogP contribution in [0.4, 0.5) is 0 Å². The molecule has 0 unspecified atom stereocenters. The fourth-order valence-electron chi connectivity index (χ4n) is 2.14. The second kappa shape index (κ2) is 5.54. The highest BCUT2D eigenvalue weighted by molar-refractivity contribution is 7.10. The summed E-state index contributed by atoms with van der Waals surface area (Å²) in [5.41, 5.74) is 4.27. The minimum Gasteiger partial charge on any atom is -0.497 e. The summed E-state index contributed by atoms with van der Waals surface area (Å²) >= 11 is 1.52. The molecule has 4 nitrogen and oxygen atoms in total. The van der Waals surface area contributed by atoms with Crippen molar-refractivity contribution in [2.24, 2.45) is 0 Å². The van der Waals surface area contributed by atoms with E-state index in [0.717, 1.165) is 27.2 Å². The van der Waals surface area contributed by atoms with Crippen molar-refractivity contribution in [3.8, 4) is 5.75 Å². The molecule has 0 amide bonds. The van der Waals surface area contributed by atoms with Crippen LogP contribution in [0.3, 0.4) is 0 Å². The molecule has 1 N–H and O–H groups in total. The quantitative estimate of drug-likeness (QED) is 0.588. The fraction of sp³-hybridized carbons (Fsp3) is 0.125. The number of H-pyrrole nitrogens is 1. The van der Waals surface area contributed by atoms with E-state index >= 15 is 0 Å². The molecule has 0 aliphatic heterocycles. The Kier molecular flexibility index (Phi) is 3.58. The number of thiazole rings is 1. The van der Waals surface area contributed by atoms with Gasteiger partial charge in [0.25, 0.3) is 0 Å². The van der Waals surface area contributed by atoms with Gasteiger partial charge in [-0.1, -0.05) is 0 Å². The molecule has 3 rings (SSSR count). The second-order valence-corrected chi connectivity index (χ2v) is 5.50. The highest BCUT2D eigenvalue weighted by Gasteiger charge is 2.10. The molecule has 2 aromatic heterocycles. The van der Waals surface area contributed by atoms with Gasteiger partial charge in [-0.25, -0.2) is 4.98 Å². The number of benzene rings is 1. The first-order valence-corrected chi connectivity index (χ1v) is 7.34. The van der Waals surface area contributed by atoms with Crippen molar-refractivity contribution in [3.63, 3.8) is 0 Å². The van der Waals surface area contributed by atoms with Crippen LogP contribution in [-0.2, 0) is 0 Å². The zero-order valence-electron chi connectivity index (χ0n) is 11.7. The van der Waals surface area contributed by atoms with Gasteiger partial charge in [-0.3, -0.25) is 4.79 Å². The SMILES string of the molecule is COc1ccc2[nH]cc(C(=O)/C=C/c3scnc3C)c2c1. The van der Waals surface area contributed by atoms with Crippen LogP contribution in [0, 0.1) is 6.92 Å². The van der Waals surface area contributed by atoms with Crippen LogP contribution < -0.4 is 4.74 Å². The third-order valence-electron chi connectivity index (χ3n) is 3.32. The number of hydrogen-bond donors (Lipinski definition) is 1. The summed E-state index contributed by atoms with van der Waals surface area (Å²) < 4.78 is 5.21. The second-order valence-electron chi connectivity index (χ2n) is 4.61. The van der Waals surface area contributed by atoms with E-state index in [0.29, 0.717) is 5.56 Å². The number of carbonyl (C=O) groups is 1. The van der Waals surface area contributed by atoms with Gasteiger partial charge in [0, 0.05) is 27.5 Å². The minimum absolute atomic E-state index is 0.0395. The van der Waals surface area contributed by atoms with E-state index in [1.165, 1.54) is 11.3 Å². The number of ether oxygens (including phenoxy) is 1. The summed E-state index contributed by atoms with van der Waals surface area (Å²) in [5, 5.41) is 0.866. The first kappa shape index (κ1) is 13.6. The van der Waals surface area contributed by atoms with Crippen LogP contribution in [0.25, 0.3) is 17.0 Å². The molecule has 0 saturated carbocycles. The first-order valence-electron chi connectivity index (χ1n) is 6.46. The van der Waals surface area contributed by atoms with Crippen LogP contribution in [0.1, 0.15) is 20.9 Å². The van der Waals surface area contributed by atoms with Crippen molar-refractivity contribution < 1.29 is 9.53 Å². The van der Waals surface area contributed by atoms with Crippen LogP contribution >= 0.6 is 11.3 Å². The molecule has 21 heavy (non-hydrogen) atoms. The van der Waals surface area contributed by atoms with Gasteiger partial charge < -0.3 is 9.72 Å². The summed E-state index contributed by atoms with van der Waals surface area (Å²) in [5.74, 6) is 0.695. The van der Waals surface area contributed by atoms with Crippen molar-refractivity contribution in [2.45, 2.75) is 6.92 Å². The first-order chi connectivity index (χ1) is 10.2. The third kappa shape index (κ3) is 2.60. The average Bonchev–Trinajstić information content (AvgIpc) is 3.10. The Morgan fingerprint density at radius 3 is 3.00 bits per heavy atom. The summed E-state index contributed by atoms with van der Waals surface area (Å²) in [6, 6.07) is 5.64. The van der Waals surface area contributed by atoms with Crippen molar-refractivity contribution in [1.29, 1.82) is 0 Å². The summed E-state index contributed by atoms with van der Waals surface area (Å²) in [7, 11) is 1.61. The maximum atomic E-state index is 12.4. The van der Waals surface area contributed by atoms with Gasteiger partial charge in [0.1, 0.15) is 5.75 Å². The molecule has 3 aromatic rings. The largest absolute Gasteiger partial charge is 0.497 e. The van der Waals surface area contributed by atoms with Gasteiger partial charge in [0.15, 0.2) is 5.78 Å². The van der Waals surface area contributed by atoms with E-state index in [4.69, 9.17) is 4.74 Å². The zero-order chi connectivity index (χ0) is 14.8. The van der Waals surface area contributed by atoms with E-state index in [9.17, 15) is 4.79 Å². The van der Waals surface area contributed by atoms with Crippen molar-refractivity contribution in [3.05, 3.63) is 52.1 Å². The summed E-state index contributed by atoms with van der Waals surface area (Å²) in [4.78, 5) is 20.6. The van der Waals surface area contributed by atoms with Crippen molar-refractivity contribution in [1.82, 2.24) is 9.97 Å². The lowest BCUT2D eigenvalue weighted by Crippen LogP contribution is -1.92. The number of nitrogens with one attached hydrogen (secondary N) is 1. The fourth-order valence-corrected chi connectivity index (χ4v) is 2.84. The molecule has 106 valence electrons. The number of aromatic amines is 1. The molecular formula is C16H14N2O2S. The maximum absolute atomic E-state index is 12.4. The Balaban J connectivity index is 1.94. The van der Waals surface area contributed by atoms with Crippen LogP contribution in [0.5, 0.6) is 5.75 Å². The smallest absolute Gasteiger partial charge is 0.188 e. The molecule has 0 spiro atoms. The van der Waals surface area contributed by atoms with Gasteiger partial charge in [0.05, 0.1) is 18.3 Å². The van der Waals surface area contributed by atoms with Crippen LogP contribution in [-0.4, -0.2) is 22.9 Å². The van der Waals surface area contributed by atoms with Gasteiger partial charge in [-0.05, 0) is 37.3 Å². The Labute approximate surface area is 126 Å². The molecule has 1 aromatic carbocycles. The average molecular weight is 298 g/mol. The van der Waals surface area contributed by atoms with E-state index in [1.807, 2.05) is 31.2 Å². The normalized spacial score (nSPS) is 11.3. The maximum Gasteiger partial charge on any atom is 0.188 e. The minimum atomic E-state index is -0.0395. The molecule has 0 radical (unpaired) electrons. The molecule has 2 heterocycles. The lowest BCUT2D eigenvalue weighted by Gasteiger charge is -2.00. The molecule has 0 atom stereocenters. The Bertz CT molecular complexity index is 830. The van der Waals surface area contributed by atoms with Crippen LogP contribution in [0.15, 0.2) is 36.0 Å². The van der Waals surface area contributed by atoms with Gasteiger partial charge in [-0.15, -0.1) is 11.3 Å². The Hall–Kier alpha value is -2.40. The highest BCUT2D eigenvalue weighted by atomic mass is 32.1. The Morgan fingerprint density at radius 2 is 2.29 bits per heavy atom. The van der Waals surface area contributed by atoms with Gasteiger partial charge >= 0.3 is 0 Å². The highest BCUT2D eigenvalue weighted by Crippen LogP contribution is 2.24. The molecule has 0 fully saturated rings. The van der Waals surface area contributed by atoms with Crippen molar-refractivity contribution >= 4 is 34.1 Å². The van der Waals surface area contributed by atoms with E-state index < -0.39 is 0 Å². The van der Waals surface area contributed by atoms with Crippen molar-refractivity contribution in [2.75, 3.05) is 7.11 Å². The van der Waals surface area contributed by atoms with E-state index in [2.05, 4.69) is 9.97 Å². The zero-order valence-corrected chi connectivity index (χ0v) is 12.5. The number of aryl methyl sites for hydroxylation is 1. The number of methoxy groups -OCH3 is 1. The number of hydrogen-bond acceptors (Lipinski definition) is 4.